The lowest BCUT2D eigenvalue weighted by molar-refractivity contribution is -0.130. The predicted molar refractivity (Wildman–Crippen MR) is 106 cm³/mol. The minimum Gasteiger partial charge on any atom is -0.484 e. The summed E-state index contributed by atoms with van der Waals surface area (Å²) in [6, 6.07) is 14.1. The van der Waals surface area contributed by atoms with Crippen LogP contribution in [-0.4, -0.2) is 30.5 Å². The SMILES string of the molecule is C[C@H](OC(=O)c1ccc(OCC(N)=O)cc1)C(=O)N[C@@H]1CCCc2ccccc21. The average molecular weight is 396 g/mol. The van der Waals surface area contributed by atoms with E-state index < -0.39 is 18.0 Å². The first-order valence-corrected chi connectivity index (χ1v) is 9.54. The number of ether oxygens (including phenoxy) is 2. The molecule has 2 aromatic carbocycles. The molecule has 0 heterocycles. The van der Waals surface area contributed by atoms with Gasteiger partial charge in [-0.15, -0.1) is 0 Å². The van der Waals surface area contributed by atoms with Crippen molar-refractivity contribution in [2.24, 2.45) is 5.73 Å². The molecule has 152 valence electrons. The Bertz CT molecular complexity index is 894. The molecule has 29 heavy (non-hydrogen) atoms. The highest BCUT2D eigenvalue weighted by Gasteiger charge is 2.25. The number of esters is 1. The predicted octanol–water partition coefficient (Wildman–Crippen LogP) is 2.29. The van der Waals surface area contributed by atoms with Crippen molar-refractivity contribution in [3.8, 4) is 5.75 Å². The maximum Gasteiger partial charge on any atom is 0.338 e. The summed E-state index contributed by atoms with van der Waals surface area (Å²) in [7, 11) is 0. The Labute approximate surface area is 169 Å². The van der Waals surface area contributed by atoms with Crippen LogP contribution in [0.3, 0.4) is 0 Å². The van der Waals surface area contributed by atoms with Gasteiger partial charge in [-0.3, -0.25) is 9.59 Å². The van der Waals surface area contributed by atoms with Crippen molar-refractivity contribution in [2.75, 3.05) is 6.61 Å². The van der Waals surface area contributed by atoms with Gasteiger partial charge in [-0.1, -0.05) is 24.3 Å². The maximum atomic E-state index is 12.5. The van der Waals surface area contributed by atoms with Gasteiger partial charge in [-0.2, -0.15) is 0 Å². The van der Waals surface area contributed by atoms with E-state index in [-0.39, 0.29) is 24.1 Å². The molecule has 0 spiro atoms. The van der Waals surface area contributed by atoms with Crippen LogP contribution in [-0.2, 0) is 20.7 Å². The number of primary amides is 1. The highest BCUT2D eigenvalue weighted by Crippen LogP contribution is 2.29. The van der Waals surface area contributed by atoms with E-state index in [1.165, 1.54) is 29.8 Å². The first-order valence-electron chi connectivity index (χ1n) is 9.54. The Hall–Kier alpha value is -3.35. The molecule has 0 fully saturated rings. The minimum absolute atomic E-state index is 0.0738. The molecule has 2 atom stereocenters. The van der Waals surface area contributed by atoms with Gasteiger partial charge in [0.15, 0.2) is 12.7 Å². The molecule has 1 aliphatic rings. The van der Waals surface area contributed by atoms with E-state index in [1.807, 2.05) is 18.2 Å². The zero-order valence-corrected chi connectivity index (χ0v) is 16.2. The smallest absolute Gasteiger partial charge is 0.338 e. The molecule has 2 amide bonds. The number of carbonyl (C=O) groups is 3. The van der Waals surface area contributed by atoms with Gasteiger partial charge < -0.3 is 20.5 Å². The third kappa shape index (κ3) is 5.34. The summed E-state index contributed by atoms with van der Waals surface area (Å²) in [6.45, 7) is 1.30. The third-order valence-corrected chi connectivity index (χ3v) is 4.81. The van der Waals surface area contributed by atoms with Gasteiger partial charge in [0.2, 0.25) is 0 Å². The number of nitrogens with two attached hydrogens (primary N) is 1. The maximum absolute atomic E-state index is 12.5. The number of hydrogen-bond donors (Lipinski definition) is 2. The third-order valence-electron chi connectivity index (χ3n) is 4.81. The Balaban J connectivity index is 1.56. The van der Waals surface area contributed by atoms with Crippen LogP contribution in [0.25, 0.3) is 0 Å². The number of nitrogens with one attached hydrogen (secondary N) is 1. The molecule has 0 unspecified atom stereocenters. The molecular weight excluding hydrogens is 372 g/mol. The van der Waals surface area contributed by atoms with E-state index in [0.29, 0.717) is 5.75 Å². The fourth-order valence-corrected chi connectivity index (χ4v) is 3.32. The molecular formula is C22H24N2O5. The highest BCUT2D eigenvalue weighted by atomic mass is 16.5. The summed E-state index contributed by atoms with van der Waals surface area (Å²) in [4.78, 5) is 35.6. The molecule has 2 aromatic rings. The number of rotatable bonds is 7. The van der Waals surface area contributed by atoms with Gasteiger partial charge in [0, 0.05) is 0 Å². The van der Waals surface area contributed by atoms with Gasteiger partial charge in [0.1, 0.15) is 5.75 Å². The number of benzene rings is 2. The van der Waals surface area contributed by atoms with E-state index in [0.717, 1.165) is 24.8 Å². The van der Waals surface area contributed by atoms with Gasteiger partial charge in [0.25, 0.3) is 11.8 Å². The molecule has 0 aromatic heterocycles. The monoisotopic (exact) mass is 396 g/mol. The number of amides is 2. The number of fused-ring (bicyclic) bond motifs is 1. The van der Waals surface area contributed by atoms with Gasteiger partial charge >= 0.3 is 5.97 Å². The normalized spacial score (nSPS) is 16.2. The Morgan fingerprint density at radius 2 is 1.86 bits per heavy atom. The summed E-state index contributed by atoms with van der Waals surface area (Å²) in [5.74, 6) is -1.13. The minimum atomic E-state index is -0.928. The van der Waals surface area contributed by atoms with Crippen molar-refractivity contribution < 1.29 is 23.9 Å². The van der Waals surface area contributed by atoms with Crippen LogP contribution in [0.4, 0.5) is 0 Å². The molecule has 3 N–H and O–H groups in total. The van der Waals surface area contributed by atoms with Crippen molar-refractivity contribution in [1.82, 2.24) is 5.32 Å². The Kier molecular flexibility index (Phi) is 6.49. The van der Waals surface area contributed by atoms with Crippen molar-refractivity contribution in [1.29, 1.82) is 0 Å². The topological polar surface area (TPSA) is 108 Å². The first kappa shape index (κ1) is 20.4. The molecule has 1 aliphatic carbocycles. The standard InChI is InChI=1S/C22H24N2O5/c1-14(21(26)24-19-8-4-6-15-5-2-3-7-18(15)19)29-22(27)16-9-11-17(12-10-16)28-13-20(23)25/h2-3,5,7,9-12,14,19H,4,6,8,13H2,1H3,(H2,23,25)(H,24,26)/t14-,19+/m0/s1. The number of aryl methyl sites for hydroxylation is 1. The van der Waals surface area contributed by atoms with Crippen LogP contribution in [0.5, 0.6) is 5.75 Å². The van der Waals surface area contributed by atoms with Gasteiger partial charge in [-0.25, -0.2) is 4.79 Å². The van der Waals surface area contributed by atoms with Crippen LogP contribution in [0.15, 0.2) is 48.5 Å². The summed E-state index contributed by atoms with van der Waals surface area (Å²) in [5, 5.41) is 2.99. The molecule has 7 nitrogen and oxygen atoms in total. The Morgan fingerprint density at radius 3 is 2.59 bits per heavy atom. The fourth-order valence-electron chi connectivity index (χ4n) is 3.32. The van der Waals surface area contributed by atoms with E-state index in [1.54, 1.807) is 6.92 Å². The molecule has 0 radical (unpaired) electrons. The summed E-state index contributed by atoms with van der Waals surface area (Å²) in [6.07, 6.45) is 1.94. The number of hydrogen-bond acceptors (Lipinski definition) is 5. The van der Waals surface area contributed by atoms with E-state index in [9.17, 15) is 14.4 Å². The van der Waals surface area contributed by atoms with Crippen molar-refractivity contribution >= 4 is 17.8 Å². The number of carbonyl (C=O) groups excluding carboxylic acids is 3. The van der Waals surface area contributed by atoms with Crippen molar-refractivity contribution in [2.45, 2.75) is 38.3 Å². The second-order valence-corrected chi connectivity index (χ2v) is 6.98. The summed E-state index contributed by atoms with van der Waals surface area (Å²) < 4.78 is 10.4. The second-order valence-electron chi connectivity index (χ2n) is 6.98. The van der Waals surface area contributed by atoms with Gasteiger partial charge in [0.05, 0.1) is 11.6 Å². The summed E-state index contributed by atoms with van der Waals surface area (Å²) in [5.41, 5.74) is 7.66. The van der Waals surface area contributed by atoms with E-state index in [2.05, 4.69) is 11.4 Å². The van der Waals surface area contributed by atoms with E-state index in [4.69, 9.17) is 15.2 Å². The van der Waals surface area contributed by atoms with Crippen molar-refractivity contribution in [3.63, 3.8) is 0 Å². The first-order chi connectivity index (χ1) is 13.9. The molecule has 0 aliphatic heterocycles. The zero-order chi connectivity index (χ0) is 20.8. The Morgan fingerprint density at radius 1 is 1.14 bits per heavy atom. The quantitative estimate of drug-likeness (QED) is 0.698. The van der Waals surface area contributed by atoms with E-state index >= 15 is 0 Å². The lowest BCUT2D eigenvalue weighted by Crippen LogP contribution is -2.39. The average Bonchev–Trinajstić information content (AvgIpc) is 2.72. The molecule has 0 bridgehead atoms. The van der Waals surface area contributed by atoms with Gasteiger partial charge in [-0.05, 0) is 61.6 Å². The fraction of sp³-hybridized carbons (Fsp3) is 0.318. The zero-order valence-electron chi connectivity index (χ0n) is 16.2. The van der Waals surface area contributed by atoms with Crippen LogP contribution in [0.2, 0.25) is 0 Å². The molecule has 3 rings (SSSR count). The van der Waals surface area contributed by atoms with Crippen LogP contribution >= 0.6 is 0 Å². The largest absolute Gasteiger partial charge is 0.484 e. The van der Waals surface area contributed by atoms with Crippen LogP contribution < -0.4 is 15.8 Å². The second kappa shape index (κ2) is 9.23. The highest BCUT2D eigenvalue weighted by molar-refractivity contribution is 5.92. The van der Waals surface area contributed by atoms with Crippen LogP contribution in [0, 0.1) is 0 Å². The van der Waals surface area contributed by atoms with Crippen LogP contribution in [0.1, 0.15) is 47.3 Å². The van der Waals surface area contributed by atoms with Crippen molar-refractivity contribution in [3.05, 3.63) is 65.2 Å². The molecule has 7 heteroatoms. The summed E-state index contributed by atoms with van der Waals surface area (Å²) >= 11 is 0. The lowest BCUT2D eigenvalue weighted by atomic mass is 9.87. The molecule has 0 saturated heterocycles. The lowest BCUT2D eigenvalue weighted by Gasteiger charge is -2.27. The molecule has 0 saturated carbocycles.